The molecule has 2 N–H and O–H groups in total. The molecule has 0 unspecified atom stereocenters. The fraction of sp³-hybridized carbons (Fsp3) is 0.167. The predicted molar refractivity (Wildman–Crippen MR) is 126 cm³/mol. The highest BCUT2D eigenvalue weighted by Crippen LogP contribution is 2.23. The molecule has 0 aliphatic rings. The number of aryl methyl sites for hydroxylation is 2. The van der Waals surface area contributed by atoms with E-state index in [-0.39, 0.29) is 4.90 Å². The number of benzene rings is 3. The van der Waals surface area contributed by atoms with Gasteiger partial charge in [-0.15, -0.1) is 0 Å². The average molecular weight is 487 g/mol. The molecule has 0 spiro atoms. The molecule has 0 fully saturated rings. The van der Waals surface area contributed by atoms with Gasteiger partial charge in [0.15, 0.2) is 0 Å². The maximum atomic E-state index is 12.9. The normalized spacial score (nSPS) is 12.1. The zero-order chi connectivity index (χ0) is 24.0. The SMILES string of the molecule is Cc1ccc(S(=O)(=O)NCC(=O)O[C@H](C(=O)Nc2ccc(C)c(Cl)c2)c2ccccc2)cc1. The minimum Gasteiger partial charge on any atom is -0.446 e. The van der Waals surface area contributed by atoms with E-state index < -0.39 is 34.5 Å². The molecule has 3 rings (SSSR count). The van der Waals surface area contributed by atoms with E-state index in [2.05, 4.69) is 10.0 Å². The van der Waals surface area contributed by atoms with Crippen LogP contribution in [0.5, 0.6) is 0 Å². The van der Waals surface area contributed by atoms with Gasteiger partial charge in [-0.3, -0.25) is 9.59 Å². The van der Waals surface area contributed by atoms with E-state index in [4.69, 9.17) is 16.3 Å². The van der Waals surface area contributed by atoms with E-state index in [1.54, 1.807) is 60.7 Å². The quantitative estimate of drug-likeness (QED) is 0.465. The van der Waals surface area contributed by atoms with Crippen molar-refractivity contribution in [2.24, 2.45) is 0 Å². The standard InChI is InChI=1S/C24H23ClN2O5S/c1-16-8-12-20(13-9-16)33(30,31)26-15-22(28)32-23(18-6-4-3-5-7-18)24(29)27-19-11-10-17(2)21(25)14-19/h3-14,23,26H,15H2,1-2H3,(H,27,29)/t23-/m0/s1. The summed E-state index contributed by atoms with van der Waals surface area (Å²) in [5, 5.41) is 3.16. The number of hydrogen-bond donors (Lipinski definition) is 2. The predicted octanol–water partition coefficient (Wildman–Crippen LogP) is 4.16. The molecule has 9 heteroatoms. The minimum absolute atomic E-state index is 0.0227. The Hall–Kier alpha value is -3.20. The number of ether oxygens (including phenoxy) is 1. The van der Waals surface area contributed by atoms with Crippen LogP contribution in [0.15, 0.2) is 77.7 Å². The summed E-state index contributed by atoms with van der Waals surface area (Å²) in [7, 11) is -3.92. The highest BCUT2D eigenvalue weighted by molar-refractivity contribution is 7.89. The lowest BCUT2D eigenvalue weighted by atomic mass is 10.1. The number of anilines is 1. The number of esters is 1. The molecule has 0 heterocycles. The minimum atomic E-state index is -3.92. The van der Waals surface area contributed by atoms with Crippen molar-refractivity contribution in [1.29, 1.82) is 0 Å². The number of carbonyl (C=O) groups is 2. The largest absolute Gasteiger partial charge is 0.446 e. The summed E-state index contributed by atoms with van der Waals surface area (Å²) in [5.74, 6) is -1.51. The van der Waals surface area contributed by atoms with Gasteiger partial charge in [0.1, 0.15) is 6.54 Å². The first-order valence-corrected chi connectivity index (χ1v) is 11.9. The van der Waals surface area contributed by atoms with E-state index in [9.17, 15) is 18.0 Å². The Morgan fingerprint density at radius 1 is 0.970 bits per heavy atom. The highest BCUT2D eigenvalue weighted by Gasteiger charge is 2.26. The summed E-state index contributed by atoms with van der Waals surface area (Å²) in [6, 6.07) is 19.6. The van der Waals surface area contributed by atoms with Crippen LogP contribution in [0.2, 0.25) is 5.02 Å². The van der Waals surface area contributed by atoms with Crippen LogP contribution < -0.4 is 10.0 Å². The molecule has 0 saturated carbocycles. The van der Waals surface area contributed by atoms with Crippen LogP contribution in [0.4, 0.5) is 5.69 Å². The molecule has 0 saturated heterocycles. The van der Waals surface area contributed by atoms with Crippen LogP contribution in [-0.2, 0) is 24.3 Å². The van der Waals surface area contributed by atoms with Gasteiger partial charge in [0.25, 0.3) is 5.91 Å². The molecule has 0 aliphatic heterocycles. The van der Waals surface area contributed by atoms with Crippen molar-refractivity contribution in [3.8, 4) is 0 Å². The number of hydrogen-bond acceptors (Lipinski definition) is 5. The molecular formula is C24H23ClN2O5S. The monoisotopic (exact) mass is 486 g/mol. The summed E-state index contributed by atoms with van der Waals surface area (Å²) in [6.45, 7) is 3.03. The van der Waals surface area contributed by atoms with E-state index in [1.165, 1.54) is 12.1 Å². The number of amides is 1. The lowest BCUT2D eigenvalue weighted by molar-refractivity contribution is -0.153. The topological polar surface area (TPSA) is 102 Å². The second kappa shape index (κ2) is 10.6. The molecule has 172 valence electrons. The van der Waals surface area contributed by atoms with E-state index in [1.807, 2.05) is 13.8 Å². The van der Waals surface area contributed by atoms with Crippen LogP contribution >= 0.6 is 11.6 Å². The second-order valence-electron chi connectivity index (χ2n) is 7.37. The van der Waals surface area contributed by atoms with Crippen molar-refractivity contribution in [3.05, 3.63) is 94.5 Å². The second-order valence-corrected chi connectivity index (χ2v) is 9.55. The molecule has 0 bridgehead atoms. The third kappa shape index (κ3) is 6.64. The van der Waals surface area contributed by atoms with Crippen molar-refractivity contribution in [3.63, 3.8) is 0 Å². The fourth-order valence-electron chi connectivity index (χ4n) is 2.91. The van der Waals surface area contributed by atoms with Gasteiger partial charge in [0.05, 0.1) is 4.90 Å². The number of halogens is 1. The summed E-state index contributed by atoms with van der Waals surface area (Å²) < 4.78 is 32.4. The first-order valence-electron chi connectivity index (χ1n) is 10.0. The molecule has 0 aliphatic carbocycles. The van der Waals surface area contributed by atoms with Gasteiger partial charge in [-0.05, 0) is 43.7 Å². The molecule has 3 aromatic carbocycles. The molecule has 3 aromatic rings. The van der Waals surface area contributed by atoms with Crippen molar-refractivity contribution in [2.45, 2.75) is 24.8 Å². The molecule has 33 heavy (non-hydrogen) atoms. The third-order valence-corrected chi connectivity index (χ3v) is 6.59. The summed E-state index contributed by atoms with van der Waals surface area (Å²) in [6.07, 6.45) is -1.29. The van der Waals surface area contributed by atoms with Crippen molar-refractivity contribution >= 4 is 39.2 Å². The number of sulfonamides is 1. The first-order chi connectivity index (χ1) is 15.7. The average Bonchev–Trinajstić information content (AvgIpc) is 2.79. The maximum absolute atomic E-state index is 12.9. The van der Waals surface area contributed by atoms with Crippen molar-refractivity contribution < 1.29 is 22.7 Å². The Morgan fingerprint density at radius 2 is 1.64 bits per heavy atom. The van der Waals surface area contributed by atoms with Crippen LogP contribution in [0, 0.1) is 13.8 Å². The summed E-state index contributed by atoms with van der Waals surface area (Å²) in [5.41, 5.74) is 2.62. The summed E-state index contributed by atoms with van der Waals surface area (Å²) >= 11 is 6.12. The Morgan fingerprint density at radius 3 is 2.27 bits per heavy atom. The van der Waals surface area contributed by atoms with Crippen LogP contribution in [-0.4, -0.2) is 26.8 Å². The molecule has 0 radical (unpaired) electrons. The Balaban J connectivity index is 1.72. The van der Waals surface area contributed by atoms with Crippen molar-refractivity contribution in [2.75, 3.05) is 11.9 Å². The Bertz CT molecular complexity index is 1250. The van der Waals surface area contributed by atoms with Gasteiger partial charge in [0, 0.05) is 16.3 Å². The molecule has 1 amide bonds. The zero-order valence-corrected chi connectivity index (χ0v) is 19.6. The van der Waals surface area contributed by atoms with Crippen molar-refractivity contribution in [1.82, 2.24) is 4.72 Å². The number of nitrogens with one attached hydrogen (secondary N) is 2. The van der Waals surface area contributed by atoms with Gasteiger partial charge in [-0.25, -0.2) is 8.42 Å². The Labute approximate surface area is 197 Å². The van der Waals surface area contributed by atoms with Crippen LogP contribution in [0.1, 0.15) is 22.8 Å². The van der Waals surface area contributed by atoms with Crippen LogP contribution in [0.3, 0.4) is 0 Å². The van der Waals surface area contributed by atoms with E-state index in [0.717, 1.165) is 11.1 Å². The third-order valence-electron chi connectivity index (χ3n) is 4.77. The Kier molecular flexibility index (Phi) is 7.86. The van der Waals surface area contributed by atoms with Gasteiger partial charge in [-0.1, -0.05) is 65.7 Å². The molecule has 7 nitrogen and oxygen atoms in total. The molecule has 0 aromatic heterocycles. The summed E-state index contributed by atoms with van der Waals surface area (Å²) in [4.78, 5) is 25.4. The van der Waals surface area contributed by atoms with Gasteiger partial charge in [0.2, 0.25) is 16.1 Å². The molecule has 1 atom stereocenters. The first kappa shape index (κ1) is 24.4. The lowest BCUT2D eigenvalue weighted by Crippen LogP contribution is -2.33. The fourth-order valence-corrected chi connectivity index (χ4v) is 4.06. The van der Waals surface area contributed by atoms with E-state index >= 15 is 0 Å². The number of rotatable bonds is 8. The van der Waals surface area contributed by atoms with Gasteiger partial charge < -0.3 is 10.1 Å². The smallest absolute Gasteiger partial charge is 0.322 e. The van der Waals surface area contributed by atoms with Gasteiger partial charge >= 0.3 is 5.97 Å². The van der Waals surface area contributed by atoms with E-state index in [0.29, 0.717) is 16.3 Å². The highest BCUT2D eigenvalue weighted by atomic mass is 35.5. The van der Waals surface area contributed by atoms with Gasteiger partial charge in [-0.2, -0.15) is 4.72 Å². The zero-order valence-electron chi connectivity index (χ0n) is 18.0. The van der Waals surface area contributed by atoms with Crippen LogP contribution in [0.25, 0.3) is 0 Å². The maximum Gasteiger partial charge on any atom is 0.322 e. The molecular weight excluding hydrogens is 464 g/mol. The number of carbonyl (C=O) groups excluding carboxylic acids is 2. The lowest BCUT2D eigenvalue weighted by Gasteiger charge is -2.18.